The SMILES string of the molecule is C=C(OCc1ccccc1)N1CCNCCN(C(=O)OCc2ccccc2)CCNCC1. The van der Waals surface area contributed by atoms with E-state index in [4.69, 9.17) is 9.47 Å². The van der Waals surface area contributed by atoms with Crippen LogP contribution in [0.3, 0.4) is 0 Å². The first-order valence-electron chi connectivity index (χ1n) is 11.2. The van der Waals surface area contributed by atoms with Crippen molar-refractivity contribution < 1.29 is 14.3 Å². The Hall–Kier alpha value is -3.03. The second-order valence-corrected chi connectivity index (χ2v) is 7.68. The van der Waals surface area contributed by atoms with Crippen LogP contribution < -0.4 is 10.6 Å². The highest BCUT2D eigenvalue weighted by atomic mass is 16.6. The molecule has 0 aliphatic carbocycles. The molecule has 0 spiro atoms. The Bertz CT molecular complexity index is 735. The van der Waals surface area contributed by atoms with Gasteiger partial charge in [0.25, 0.3) is 0 Å². The first kappa shape index (κ1) is 23.6. The first-order chi connectivity index (χ1) is 15.7. The van der Waals surface area contributed by atoms with E-state index in [1.54, 1.807) is 4.90 Å². The Morgan fingerprint density at radius 1 is 0.719 bits per heavy atom. The molecule has 2 aromatic rings. The van der Waals surface area contributed by atoms with Crippen LogP contribution in [-0.4, -0.2) is 68.3 Å². The largest absolute Gasteiger partial charge is 0.475 e. The van der Waals surface area contributed by atoms with E-state index in [9.17, 15) is 4.79 Å². The number of rotatable bonds is 6. The van der Waals surface area contributed by atoms with Crippen molar-refractivity contribution in [2.24, 2.45) is 0 Å². The number of benzene rings is 2. The molecular weight excluding hydrogens is 404 g/mol. The topological polar surface area (TPSA) is 66.1 Å². The maximum Gasteiger partial charge on any atom is 0.410 e. The van der Waals surface area contributed by atoms with Gasteiger partial charge in [0, 0.05) is 52.4 Å². The van der Waals surface area contributed by atoms with Gasteiger partial charge >= 0.3 is 6.09 Å². The lowest BCUT2D eigenvalue weighted by Crippen LogP contribution is -2.45. The van der Waals surface area contributed by atoms with Crippen molar-refractivity contribution >= 4 is 6.09 Å². The number of nitrogens with one attached hydrogen (secondary N) is 2. The van der Waals surface area contributed by atoms with Crippen LogP contribution in [0.15, 0.2) is 73.1 Å². The van der Waals surface area contributed by atoms with Crippen LogP contribution in [0.25, 0.3) is 0 Å². The highest BCUT2D eigenvalue weighted by molar-refractivity contribution is 5.67. The van der Waals surface area contributed by atoms with E-state index in [1.165, 1.54) is 0 Å². The summed E-state index contributed by atoms with van der Waals surface area (Å²) in [6.45, 7) is 10.6. The fourth-order valence-corrected chi connectivity index (χ4v) is 3.40. The van der Waals surface area contributed by atoms with Gasteiger partial charge < -0.3 is 29.9 Å². The van der Waals surface area contributed by atoms with Gasteiger partial charge in [-0.2, -0.15) is 0 Å². The van der Waals surface area contributed by atoms with Crippen LogP contribution in [-0.2, 0) is 22.7 Å². The smallest absolute Gasteiger partial charge is 0.410 e. The maximum atomic E-state index is 12.5. The molecule has 2 N–H and O–H groups in total. The maximum absolute atomic E-state index is 12.5. The van der Waals surface area contributed by atoms with Crippen LogP contribution >= 0.6 is 0 Å². The third kappa shape index (κ3) is 8.24. The minimum absolute atomic E-state index is 0.279. The van der Waals surface area contributed by atoms with Crippen LogP contribution in [0.4, 0.5) is 4.79 Å². The van der Waals surface area contributed by atoms with Crippen LogP contribution in [0.5, 0.6) is 0 Å². The molecule has 7 nitrogen and oxygen atoms in total. The van der Waals surface area contributed by atoms with E-state index in [0.717, 1.165) is 37.3 Å². The number of hydrogen-bond donors (Lipinski definition) is 2. The Balaban J connectivity index is 1.42. The van der Waals surface area contributed by atoms with Gasteiger partial charge in [-0.1, -0.05) is 60.7 Å². The van der Waals surface area contributed by atoms with E-state index >= 15 is 0 Å². The highest BCUT2D eigenvalue weighted by Crippen LogP contribution is 2.09. The van der Waals surface area contributed by atoms with E-state index in [2.05, 4.69) is 22.1 Å². The number of hydrogen-bond acceptors (Lipinski definition) is 6. The Labute approximate surface area is 191 Å². The fraction of sp³-hybridized carbons (Fsp3) is 0.400. The number of carbonyl (C=O) groups is 1. The highest BCUT2D eigenvalue weighted by Gasteiger charge is 2.16. The van der Waals surface area contributed by atoms with Crippen LogP contribution in [0.1, 0.15) is 11.1 Å². The van der Waals surface area contributed by atoms with Crippen molar-refractivity contribution in [3.63, 3.8) is 0 Å². The fourth-order valence-electron chi connectivity index (χ4n) is 3.40. The summed E-state index contributed by atoms with van der Waals surface area (Å²) in [4.78, 5) is 16.4. The van der Waals surface area contributed by atoms with Gasteiger partial charge in [-0.15, -0.1) is 0 Å². The second-order valence-electron chi connectivity index (χ2n) is 7.68. The quantitative estimate of drug-likeness (QED) is 0.676. The van der Waals surface area contributed by atoms with E-state index < -0.39 is 0 Å². The lowest BCUT2D eigenvalue weighted by Gasteiger charge is -2.28. The molecule has 1 saturated heterocycles. The lowest BCUT2D eigenvalue weighted by atomic mass is 10.2. The van der Waals surface area contributed by atoms with E-state index in [1.807, 2.05) is 60.7 Å². The Morgan fingerprint density at radius 3 is 1.66 bits per heavy atom. The minimum Gasteiger partial charge on any atom is -0.475 e. The van der Waals surface area contributed by atoms with Gasteiger partial charge in [0.1, 0.15) is 13.2 Å². The zero-order valence-electron chi connectivity index (χ0n) is 18.7. The standard InChI is InChI=1S/C25H34N4O3/c1-22(31-20-23-8-4-2-5-9-23)28-16-12-26-14-18-29(19-15-27-13-17-28)25(30)32-21-24-10-6-3-7-11-24/h2-11,26-27H,1,12-21H2. The van der Waals surface area contributed by atoms with Crippen molar-refractivity contribution in [2.45, 2.75) is 13.2 Å². The second kappa shape index (κ2) is 13.4. The predicted octanol–water partition coefficient (Wildman–Crippen LogP) is 2.81. The van der Waals surface area contributed by atoms with Crippen molar-refractivity contribution in [3.05, 3.63) is 84.3 Å². The van der Waals surface area contributed by atoms with Crippen molar-refractivity contribution in [2.75, 3.05) is 52.4 Å². The van der Waals surface area contributed by atoms with Crippen LogP contribution in [0.2, 0.25) is 0 Å². The van der Waals surface area contributed by atoms with Gasteiger partial charge in [0.2, 0.25) is 0 Å². The summed E-state index contributed by atoms with van der Waals surface area (Å²) in [5, 5.41) is 6.82. The third-order valence-electron chi connectivity index (χ3n) is 5.30. The molecule has 1 heterocycles. The molecule has 0 unspecified atom stereocenters. The third-order valence-corrected chi connectivity index (χ3v) is 5.30. The molecule has 0 aromatic heterocycles. The molecule has 0 saturated carbocycles. The van der Waals surface area contributed by atoms with Crippen molar-refractivity contribution in [1.29, 1.82) is 0 Å². The summed E-state index contributed by atoms with van der Waals surface area (Å²) >= 11 is 0. The Morgan fingerprint density at radius 2 is 1.16 bits per heavy atom. The summed E-state index contributed by atoms with van der Waals surface area (Å²) in [5.41, 5.74) is 2.11. The molecule has 0 bridgehead atoms. The average molecular weight is 439 g/mol. The lowest BCUT2D eigenvalue weighted by molar-refractivity contribution is 0.0933. The number of carbonyl (C=O) groups excluding carboxylic acids is 1. The molecule has 1 aliphatic heterocycles. The van der Waals surface area contributed by atoms with Gasteiger partial charge in [0.05, 0.1) is 0 Å². The zero-order valence-corrected chi connectivity index (χ0v) is 18.7. The van der Waals surface area contributed by atoms with Crippen molar-refractivity contribution in [3.8, 4) is 0 Å². The molecule has 1 amide bonds. The molecule has 1 aliphatic rings. The monoisotopic (exact) mass is 438 g/mol. The molecule has 7 heteroatoms. The predicted molar refractivity (Wildman–Crippen MR) is 126 cm³/mol. The molecule has 0 atom stereocenters. The zero-order chi connectivity index (χ0) is 22.4. The molecule has 3 rings (SSSR count). The first-order valence-corrected chi connectivity index (χ1v) is 11.2. The summed E-state index contributed by atoms with van der Waals surface area (Å²) < 4.78 is 11.4. The molecular formula is C25H34N4O3. The van der Waals surface area contributed by atoms with E-state index in [0.29, 0.717) is 38.7 Å². The summed E-state index contributed by atoms with van der Waals surface area (Å²) in [6, 6.07) is 19.8. The normalized spacial score (nSPS) is 15.9. The summed E-state index contributed by atoms with van der Waals surface area (Å²) in [6.07, 6.45) is -0.279. The number of ether oxygens (including phenoxy) is 2. The Kier molecular flexibility index (Phi) is 9.89. The van der Waals surface area contributed by atoms with Gasteiger partial charge in [-0.25, -0.2) is 4.79 Å². The molecule has 32 heavy (non-hydrogen) atoms. The van der Waals surface area contributed by atoms with Gasteiger partial charge in [-0.3, -0.25) is 0 Å². The summed E-state index contributed by atoms with van der Waals surface area (Å²) in [5.74, 6) is 0.681. The summed E-state index contributed by atoms with van der Waals surface area (Å²) in [7, 11) is 0. The molecule has 1 fully saturated rings. The number of amides is 1. The van der Waals surface area contributed by atoms with E-state index in [-0.39, 0.29) is 12.7 Å². The van der Waals surface area contributed by atoms with Crippen molar-refractivity contribution in [1.82, 2.24) is 20.4 Å². The molecule has 172 valence electrons. The molecule has 0 radical (unpaired) electrons. The molecule has 2 aromatic carbocycles. The van der Waals surface area contributed by atoms with Gasteiger partial charge in [0.15, 0.2) is 5.88 Å². The van der Waals surface area contributed by atoms with Gasteiger partial charge in [-0.05, 0) is 17.7 Å². The average Bonchev–Trinajstić information content (AvgIpc) is 2.82. The van der Waals surface area contributed by atoms with Crippen LogP contribution in [0, 0.1) is 0 Å². The number of nitrogens with zero attached hydrogens (tertiary/aromatic N) is 2. The minimum atomic E-state index is -0.279.